The third-order valence-electron chi connectivity index (χ3n) is 3.96. The summed E-state index contributed by atoms with van der Waals surface area (Å²) in [4.78, 5) is 21.3. The van der Waals surface area contributed by atoms with Crippen molar-refractivity contribution < 1.29 is 28.6 Å². The van der Waals surface area contributed by atoms with Crippen LogP contribution in [0.15, 0.2) is 41.0 Å². The molecule has 0 bridgehead atoms. The van der Waals surface area contributed by atoms with Gasteiger partial charge in [-0.15, -0.1) is 0 Å². The highest BCUT2D eigenvalue weighted by Gasteiger charge is 2.31. The van der Waals surface area contributed by atoms with Gasteiger partial charge >= 0.3 is 11.9 Å². The fraction of sp³-hybridized carbons (Fsp3) is 0.333. The molecule has 0 unspecified atom stereocenters. The fourth-order valence-corrected chi connectivity index (χ4v) is 2.80. The van der Waals surface area contributed by atoms with Crippen LogP contribution in [-0.4, -0.2) is 47.3 Å². The van der Waals surface area contributed by atoms with Gasteiger partial charge < -0.3 is 24.8 Å². The largest absolute Gasteiger partial charge is 0.478 e. The van der Waals surface area contributed by atoms with Crippen LogP contribution in [0.4, 0.5) is 10.1 Å². The Hall–Kier alpha value is -2.87. The van der Waals surface area contributed by atoms with Crippen molar-refractivity contribution in [3.8, 4) is 0 Å². The van der Waals surface area contributed by atoms with Crippen molar-refractivity contribution >= 4 is 28.6 Å². The third kappa shape index (κ3) is 4.82. The van der Waals surface area contributed by atoms with Gasteiger partial charge in [-0.05, 0) is 26.0 Å². The number of aliphatic carboxylic acids is 2. The summed E-state index contributed by atoms with van der Waals surface area (Å²) >= 11 is 0. The van der Waals surface area contributed by atoms with Gasteiger partial charge in [0.1, 0.15) is 5.82 Å². The molecule has 26 heavy (non-hydrogen) atoms. The zero-order chi connectivity index (χ0) is 19.3. The lowest BCUT2D eigenvalue weighted by Crippen LogP contribution is -2.58. The number of carbonyl (C=O) groups is 2. The molecular weight excluding hydrogens is 343 g/mol. The van der Waals surface area contributed by atoms with Crippen LogP contribution in [0.2, 0.25) is 0 Å². The molecule has 1 aliphatic heterocycles. The van der Waals surface area contributed by atoms with E-state index in [2.05, 4.69) is 24.1 Å². The molecule has 1 fully saturated rings. The molecule has 3 N–H and O–H groups in total. The minimum Gasteiger partial charge on any atom is -0.478 e. The van der Waals surface area contributed by atoms with E-state index < -0.39 is 11.9 Å². The number of nitrogens with zero attached hydrogens (tertiary/aromatic N) is 1. The molecule has 0 amide bonds. The molecule has 1 aromatic heterocycles. The maximum Gasteiger partial charge on any atom is 0.328 e. The van der Waals surface area contributed by atoms with E-state index in [-0.39, 0.29) is 11.4 Å². The van der Waals surface area contributed by atoms with Gasteiger partial charge in [0.25, 0.3) is 0 Å². The Morgan fingerprint density at radius 1 is 1.27 bits per heavy atom. The average Bonchev–Trinajstić information content (AvgIpc) is 3.01. The van der Waals surface area contributed by atoms with Crippen LogP contribution < -0.4 is 10.2 Å². The Morgan fingerprint density at radius 2 is 1.92 bits per heavy atom. The van der Waals surface area contributed by atoms with E-state index >= 15 is 0 Å². The van der Waals surface area contributed by atoms with Crippen molar-refractivity contribution in [3.05, 3.63) is 42.4 Å². The normalized spacial score (nSPS) is 16.3. The van der Waals surface area contributed by atoms with E-state index in [0.717, 1.165) is 36.3 Å². The molecule has 1 saturated heterocycles. The number of carboxylic acids is 2. The minimum absolute atomic E-state index is 0.0498. The van der Waals surface area contributed by atoms with Gasteiger partial charge in [-0.25, -0.2) is 14.0 Å². The molecule has 140 valence electrons. The smallest absolute Gasteiger partial charge is 0.328 e. The van der Waals surface area contributed by atoms with E-state index in [9.17, 15) is 14.0 Å². The number of anilines is 1. The predicted octanol–water partition coefficient (Wildman–Crippen LogP) is 2.47. The molecule has 3 rings (SSSR count). The topological polar surface area (TPSA) is 103 Å². The molecular formula is C18H21FN2O5. The zero-order valence-corrected chi connectivity index (χ0v) is 14.5. The molecule has 1 aromatic carbocycles. The number of carboxylic acid groups (broad SMARTS) is 2. The van der Waals surface area contributed by atoms with Gasteiger partial charge in [0, 0.05) is 48.8 Å². The lowest BCUT2D eigenvalue weighted by atomic mass is 9.98. The molecule has 1 aliphatic rings. The molecule has 7 nitrogen and oxygen atoms in total. The van der Waals surface area contributed by atoms with E-state index in [4.69, 9.17) is 14.6 Å². The van der Waals surface area contributed by atoms with Crippen molar-refractivity contribution in [1.29, 1.82) is 0 Å². The molecule has 2 aromatic rings. The van der Waals surface area contributed by atoms with E-state index in [1.165, 1.54) is 6.07 Å². The summed E-state index contributed by atoms with van der Waals surface area (Å²) in [7, 11) is 0. The van der Waals surface area contributed by atoms with Crippen molar-refractivity contribution in [3.63, 3.8) is 0 Å². The Kier molecular flexibility index (Phi) is 5.99. The predicted molar refractivity (Wildman–Crippen MR) is 94.9 cm³/mol. The SMILES string of the molecule is CC1(C)CNCCN1c1cc(F)cc2ccoc12.O=C(O)/C=C/C(=O)O. The van der Waals surface area contributed by atoms with Crippen molar-refractivity contribution in [2.75, 3.05) is 24.5 Å². The lowest BCUT2D eigenvalue weighted by molar-refractivity contribution is -0.134. The van der Waals surface area contributed by atoms with Crippen LogP contribution in [-0.2, 0) is 9.59 Å². The standard InChI is InChI=1S/C14H17FN2O.C4H4O4/c1-14(2)9-16-4-5-17(14)12-8-11(15)7-10-3-6-18-13(10)12;5-3(6)1-2-4(7)8/h3,6-8,16H,4-5,9H2,1-2H3;1-2H,(H,5,6)(H,7,8)/b;2-1+. The first kappa shape index (κ1) is 19.5. The number of benzene rings is 1. The van der Waals surface area contributed by atoms with Gasteiger partial charge in [-0.2, -0.15) is 0 Å². The van der Waals surface area contributed by atoms with Crippen molar-refractivity contribution in [1.82, 2.24) is 5.32 Å². The first-order valence-corrected chi connectivity index (χ1v) is 8.00. The second-order valence-corrected chi connectivity index (χ2v) is 6.41. The summed E-state index contributed by atoms with van der Waals surface area (Å²) in [6.07, 6.45) is 2.73. The van der Waals surface area contributed by atoms with E-state index in [1.807, 2.05) is 0 Å². The highest BCUT2D eigenvalue weighted by molar-refractivity contribution is 5.90. The van der Waals surface area contributed by atoms with Gasteiger partial charge in [0.05, 0.1) is 12.0 Å². The van der Waals surface area contributed by atoms with Gasteiger partial charge in [-0.3, -0.25) is 0 Å². The monoisotopic (exact) mass is 364 g/mol. The maximum atomic E-state index is 13.7. The third-order valence-corrected chi connectivity index (χ3v) is 3.96. The Bertz CT molecular complexity index is 812. The Labute approximate surface area is 149 Å². The van der Waals surface area contributed by atoms with E-state index in [1.54, 1.807) is 18.4 Å². The highest BCUT2D eigenvalue weighted by atomic mass is 19.1. The van der Waals surface area contributed by atoms with Crippen molar-refractivity contribution in [2.24, 2.45) is 0 Å². The van der Waals surface area contributed by atoms with Crippen LogP contribution in [0.25, 0.3) is 11.0 Å². The minimum atomic E-state index is -1.26. The van der Waals surface area contributed by atoms with Gasteiger partial charge in [0.2, 0.25) is 0 Å². The van der Waals surface area contributed by atoms with Gasteiger partial charge in [0.15, 0.2) is 5.58 Å². The molecule has 2 heterocycles. The van der Waals surface area contributed by atoms with Crippen LogP contribution in [0.1, 0.15) is 13.8 Å². The first-order chi connectivity index (χ1) is 12.2. The van der Waals surface area contributed by atoms with Crippen LogP contribution in [0.3, 0.4) is 0 Å². The second kappa shape index (κ2) is 8.01. The van der Waals surface area contributed by atoms with Crippen LogP contribution in [0, 0.1) is 5.82 Å². The number of rotatable bonds is 3. The van der Waals surface area contributed by atoms with Crippen molar-refractivity contribution in [2.45, 2.75) is 19.4 Å². The first-order valence-electron chi connectivity index (χ1n) is 8.00. The molecule has 8 heteroatoms. The maximum absolute atomic E-state index is 13.7. The molecule has 0 aliphatic carbocycles. The Morgan fingerprint density at radius 3 is 2.50 bits per heavy atom. The summed E-state index contributed by atoms with van der Waals surface area (Å²) in [5, 5.41) is 19.8. The number of nitrogens with one attached hydrogen (secondary N) is 1. The van der Waals surface area contributed by atoms with Crippen LogP contribution in [0.5, 0.6) is 0 Å². The fourth-order valence-electron chi connectivity index (χ4n) is 2.80. The number of fused-ring (bicyclic) bond motifs is 1. The summed E-state index contributed by atoms with van der Waals surface area (Å²) in [6, 6.07) is 4.88. The van der Waals surface area contributed by atoms with Gasteiger partial charge in [-0.1, -0.05) is 0 Å². The summed E-state index contributed by atoms with van der Waals surface area (Å²) < 4.78 is 19.2. The molecule has 0 atom stereocenters. The zero-order valence-electron chi connectivity index (χ0n) is 14.5. The number of piperazine rings is 1. The molecule has 0 saturated carbocycles. The van der Waals surface area contributed by atoms with Crippen LogP contribution >= 0.6 is 0 Å². The number of halogens is 1. The number of furan rings is 1. The van der Waals surface area contributed by atoms with E-state index in [0.29, 0.717) is 12.2 Å². The second-order valence-electron chi connectivity index (χ2n) is 6.41. The summed E-state index contributed by atoms with van der Waals surface area (Å²) in [5.41, 5.74) is 1.57. The quantitative estimate of drug-likeness (QED) is 0.719. The number of hydrogen-bond acceptors (Lipinski definition) is 5. The Balaban J connectivity index is 0.000000260. The lowest BCUT2D eigenvalue weighted by Gasteiger charge is -2.44. The molecule has 0 radical (unpaired) electrons. The summed E-state index contributed by atoms with van der Waals surface area (Å²) in [5.74, 6) is -2.73. The summed E-state index contributed by atoms with van der Waals surface area (Å²) in [6.45, 7) is 6.94. The highest BCUT2D eigenvalue weighted by Crippen LogP contribution is 2.33. The number of hydrogen-bond donors (Lipinski definition) is 3. The average molecular weight is 364 g/mol. The molecule has 0 spiro atoms.